The van der Waals surface area contributed by atoms with Gasteiger partial charge < -0.3 is 14.7 Å². The van der Waals surface area contributed by atoms with Crippen molar-refractivity contribution in [2.45, 2.75) is 65.7 Å². The van der Waals surface area contributed by atoms with Crippen LogP contribution >= 0.6 is 0 Å². The number of aryl methyl sites for hydroxylation is 1. The van der Waals surface area contributed by atoms with Crippen LogP contribution in [0.4, 0.5) is 10.1 Å². The molecular formula is C26H34FN3O3. The quantitative estimate of drug-likeness (QED) is 0.601. The van der Waals surface area contributed by atoms with E-state index in [1.807, 2.05) is 6.92 Å². The first-order valence-electron chi connectivity index (χ1n) is 12.0. The molecule has 1 aliphatic carbocycles. The molecule has 4 rings (SSSR count). The van der Waals surface area contributed by atoms with Crippen molar-refractivity contribution < 1.29 is 19.0 Å². The number of anilines is 1. The van der Waals surface area contributed by atoms with Gasteiger partial charge in [-0.2, -0.15) is 0 Å². The standard InChI is InChI=1S/C26H34FN3O3/c1-17-20(13-23(31)32)24(30-10-8-26(2,3)9-11-30)21(15-28-17)19-12-22(27)25(29-14-19)33-16-18-6-4-5-7-18/h12,14-15,18H,4-11,13,16H2,1-3H3,(H,31,32). The van der Waals surface area contributed by atoms with E-state index < -0.39 is 11.8 Å². The van der Waals surface area contributed by atoms with Crippen LogP contribution in [0.25, 0.3) is 11.1 Å². The summed E-state index contributed by atoms with van der Waals surface area (Å²) in [5, 5.41) is 9.55. The molecule has 1 aliphatic heterocycles. The fourth-order valence-electron chi connectivity index (χ4n) is 4.96. The zero-order valence-electron chi connectivity index (χ0n) is 19.9. The SMILES string of the molecule is Cc1ncc(-c2cnc(OCC3CCCC3)c(F)c2)c(N2CCC(C)(C)CC2)c1CC(=O)O. The van der Waals surface area contributed by atoms with Gasteiger partial charge in [-0.05, 0) is 50.0 Å². The molecule has 1 saturated carbocycles. The molecule has 6 nitrogen and oxygen atoms in total. The molecular weight excluding hydrogens is 421 g/mol. The first-order valence-corrected chi connectivity index (χ1v) is 12.0. The Morgan fingerprint density at radius 3 is 2.55 bits per heavy atom. The molecule has 7 heteroatoms. The molecule has 2 fully saturated rings. The molecule has 178 valence electrons. The van der Waals surface area contributed by atoms with Gasteiger partial charge in [-0.1, -0.05) is 26.7 Å². The van der Waals surface area contributed by atoms with Gasteiger partial charge in [0.1, 0.15) is 0 Å². The minimum absolute atomic E-state index is 0.0257. The molecule has 33 heavy (non-hydrogen) atoms. The summed E-state index contributed by atoms with van der Waals surface area (Å²) in [6, 6.07) is 1.44. The van der Waals surface area contributed by atoms with Gasteiger partial charge in [-0.25, -0.2) is 9.37 Å². The first-order chi connectivity index (χ1) is 15.7. The summed E-state index contributed by atoms with van der Waals surface area (Å²) in [6.45, 7) is 8.46. The third kappa shape index (κ3) is 5.45. The Balaban J connectivity index is 1.67. The average Bonchev–Trinajstić information content (AvgIpc) is 3.28. The molecule has 0 radical (unpaired) electrons. The summed E-state index contributed by atoms with van der Waals surface area (Å²) in [6.07, 6.45) is 9.86. The van der Waals surface area contributed by atoms with Crippen LogP contribution in [0.1, 0.15) is 63.6 Å². The molecule has 2 aromatic rings. The normalized spacial score (nSPS) is 18.5. The molecule has 0 amide bonds. The number of hydrogen-bond acceptors (Lipinski definition) is 5. The minimum Gasteiger partial charge on any atom is -0.481 e. The number of rotatable bonds is 7. The highest BCUT2D eigenvalue weighted by Gasteiger charge is 2.29. The third-order valence-electron chi connectivity index (χ3n) is 7.18. The summed E-state index contributed by atoms with van der Waals surface area (Å²) in [5.41, 5.74) is 3.75. The van der Waals surface area contributed by atoms with E-state index in [2.05, 4.69) is 28.7 Å². The molecule has 3 heterocycles. The number of hydrogen-bond donors (Lipinski definition) is 1. The van der Waals surface area contributed by atoms with Crippen LogP contribution in [0.3, 0.4) is 0 Å². The van der Waals surface area contributed by atoms with Crippen LogP contribution < -0.4 is 9.64 Å². The highest BCUT2D eigenvalue weighted by atomic mass is 19.1. The van der Waals surface area contributed by atoms with Gasteiger partial charge in [0.2, 0.25) is 5.88 Å². The van der Waals surface area contributed by atoms with Crippen molar-refractivity contribution in [1.82, 2.24) is 9.97 Å². The number of halogens is 1. The summed E-state index contributed by atoms with van der Waals surface area (Å²) in [7, 11) is 0. The lowest BCUT2D eigenvalue weighted by atomic mass is 9.82. The topological polar surface area (TPSA) is 75.6 Å². The Hall–Kier alpha value is -2.70. The van der Waals surface area contributed by atoms with Gasteiger partial charge in [0.25, 0.3) is 0 Å². The number of carboxylic acid groups (broad SMARTS) is 1. The Morgan fingerprint density at radius 2 is 1.91 bits per heavy atom. The fraction of sp³-hybridized carbons (Fsp3) is 0.577. The molecule has 1 saturated heterocycles. The highest BCUT2D eigenvalue weighted by Crippen LogP contribution is 2.40. The number of ether oxygens (including phenoxy) is 1. The lowest BCUT2D eigenvalue weighted by Gasteiger charge is -2.40. The number of carboxylic acids is 1. The van der Waals surface area contributed by atoms with Crippen molar-refractivity contribution in [3.8, 4) is 17.0 Å². The van der Waals surface area contributed by atoms with Gasteiger partial charge in [-0.3, -0.25) is 9.78 Å². The number of piperidine rings is 1. The molecule has 0 spiro atoms. The number of pyridine rings is 2. The molecule has 0 bridgehead atoms. The van der Waals surface area contributed by atoms with Crippen LogP contribution in [-0.4, -0.2) is 40.7 Å². The number of aliphatic carboxylic acids is 1. The van der Waals surface area contributed by atoms with Crippen molar-refractivity contribution in [3.63, 3.8) is 0 Å². The van der Waals surface area contributed by atoms with Gasteiger partial charge in [0, 0.05) is 47.9 Å². The Bertz CT molecular complexity index is 1010. The Morgan fingerprint density at radius 1 is 1.21 bits per heavy atom. The van der Waals surface area contributed by atoms with Crippen molar-refractivity contribution in [3.05, 3.63) is 35.5 Å². The predicted molar refractivity (Wildman–Crippen MR) is 126 cm³/mol. The first kappa shape index (κ1) is 23.5. The second kappa shape index (κ2) is 9.65. The molecule has 0 aromatic carbocycles. The van der Waals surface area contributed by atoms with Gasteiger partial charge >= 0.3 is 5.97 Å². The number of nitrogens with zero attached hydrogens (tertiary/aromatic N) is 3. The molecule has 2 aromatic heterocycles. The van der Waals surface area contributed by atoms with Crippen LogP contribution in [0, 0.1) is 24.1 Å². The third-order valence-corrected chi connectivity index (χ3v) is 7.18. The van der Waals surface area contributed by atoms with Crippen LogP contribution in [0.15, 0.2) is 18.5 Å². The zero-order valence-corrected chi connectivity index (χ0v) is 19.9. The fourth-order valence-corrected chi connectivity index (χ4v) is 4.96. The highest BCUT2D eigenvalue weighted by molar-refractivity contribution is 5.84. The second-order valence-electron chi connectivity index (χ2n) is 10.3. The van der Waals surface area contributed by atoms with E-state index in [4.69, 9.17) is 4.74 Å². The summed E-state index contributed by atoms with van der Waals surface area (Å²) in [5.74, 6) is -0.911. The van der Waals surface area contributed by atoms with Crippen LogP contribution in [0.5, 0.6) is 5.88 Å². The van der Waals surface area contributed by atoms with Crippen molar-refractivity contribution in [1.29, 1.82) is 0 Å². The van der Waals surface area contributed by atoms with Crippen LogP contribution in [-0.2, 0) is 11.2 Å². The average molecular weight is 456 g/mol. The van der Waals surface area contributed by atoms with Crippen molar-refractivity contribution in [2.24, 2.45) is 11.3 Å². The zero-order chi connectivity index (χ0) is 23.6. The summed E-state index contributed by atoms with van der Waals surface area (Å²) in [4.78, 5) is 22.6. The maximum Gasteiger partial charge on any atom is 0.307 e. The maximum atomic E-state index is 15.0. The van der Waals surface area contributed by atoms with E-state index in [1.165, 1.54) is 18.9 Å². The van der Waals surface area contributed by atoms with E-state index in [0.717, 1.165) is 44.5 Å². The Labute approximate surface area is 195 Å². The van der Waals surface area contributed by atoms with E-state index >= 15 is 0 Å². The van der Waals surface area contributed by atoms with Gasteiger partial charge in [0.15, 0.2) is 5.82 Å². The largest absolute Gasteiger partial charge is 0.481 e. The maximum absolute atomic E-state index is 15.0. The molecule has 0 atom stereocenters. The van der Waals surface area contributed by atoms with Gasteiger partial charge in [-0.15, -0.1) is 0 Å². The van der Waals surface area contributed by atoms with Crippen molar-refractivity contribution in [2.75, 3.05) is 24.6 Å². The molecule has 0 unspecified atom stereocenters. The Kier molecular flexibility index (Phi) is 6.86. The van der Waals surface area contributed by atoms with E-state index in [0.29, 0.717) is 34.9 Å². The predicted octanol–water partition coefficient (Wildman–Crippen LogP) is 5.41. The van der Waals surface area contributed by atoms with E-state index in [9.17, 15) is 14.3 Å². The molecule has 2 aliphatic rings. The monoisotopic (exact) mass is 455 g/mol. The lowest BCUT2D eigenvalue weighted by Crippen LogP contribution is -2.38. The summed E-state index contributed by atoms with van der Waals surface area (Å²) < 4.78 is 20.6. The van der Waals surface area contributed by atoms with E-state index in [1.54, 1.807) is 12.4 Å². The minimum atomic E-state index is -0.907. The number of aromatic nitrogens is 2. The van der Waals surface area contributed by atoms with Crippen molar-refractivity contribution >= 4 is 11.7 Å². The lowest BCUT2D eigenvalue weighted by molar-refractivity contribution is -0.136. The second-order valence-corrected chi connectivity index (χ2v) is 10.3. The van der Waals surface area contributed by atoms with Gasteiger partial charge in [0.05, 0.1) is 18.7 Å². The smallest absolute Gasteiger partial charge is 0.307 e. The number of carbonyl (C=O) groups is 1. The van der Waals surface area contributed by atoms with Crippen LogP contribution in [0.2, 0.25) is 0 Å². The summed E-state index contributed by atoms with van der Waals surface area (Å²) >= 11 is 0. The molecule has 1 N–H and O–H groups in total. The van der Waals surface area contributed by atoms with E-state index in [-0.39, 0.29) is 17.7 Å².